The minimum Gasteiger partial charge on any atom is -0.494 e. The van der Waals surface area contributed by atoms with E-state index in [0.717, 1.165) is 33.3 Å². The summed E-state index contributed by atoms with van der Waals surface area (Å²) in [5.74, 6) is 0.790. The zero-order valence-electron chi connectivity index (χ0n) is 17.9. The number of rotatable bonds is 7. The highest BCUT2D eigenvalue weighted by Crippen LogP contribution is 2.33. The maximum Gasteiger partial charge on any atom is 0.260 e. The molecule has 4 aromatic rings. The lowest BCUT2D eigenvalue weighted by atomic mass is 10.0. The molecule has 0 atom stereocenters. The molecular weight excluding hydrogens is 430 g/mol. The van der Waals surface area contributed by atoms with Crippen molar-refractivity contribution in [2.75, 3.05) is 38.7 Å². The Morgan fingerprint density at radius 1 is 1.03 bits per heavy atom. The monoisotopic (exact) mass is 455 g/mol. The second-order valence-corrected chi connectivity index (χ2v) is 8.35. The third-order valence-corrected chi connectivity index (χ3v) is 5.97. The lowest BCUT2D eigenvalue weighted by molar-refractivity contribution is 0.0987. The van der Waals surface area contributed by atoms with Gasteiger partial charge in [-0.15, -0.1) is 12.4 Å². The summed E-state index contributed by atoms with van der Waals surface area (Å²) in [7, 11) is 4.01. The van der Waals surface area contributed by atoms with E-state index in [0.29, 0.717) is 23.8 Å². The lowest BCUT2D eigenvalue weighted by Gasteiger charge is -2.22. The van der Waals surface area contributed by atoms with Crippen LogP contribution in [0.4, 0.5) is 5.13 Å². The molecule has 0 saturated carbocycles. The first-order valence-electron chi connectivity index (χ1n) is 10.0. The fraction of sp³-hybridized carbons (Fsp3) is 0.250. The largest absolute Gasteiger partial charge is 0.494 e. The number of carbonyl (C=O) groups is 1. The summed E-state index contributed by atoms with van der Waals surface area (Å²) in [5, 5.41) is 2.72. The number of ether oxygens (including phenoxy) is 1. The van der Waals surface area contributed by atoms with Crippen LogP contribution in [0.5, 0.6) is 5.75 Å². The number of hydrogen-bond acceptors (Lipinski definition) is 5. The van der Waals surface area contributed by atoms with Crippen molar-refractivity contribution in [1.82, 2.24) is 9.88 Å². The lowest BCUT2D eigenvalue weighted by Crippen LogP contribution is -2.36. The van der Waals surface area contributed by atoms with Crippen LogP contribution in [-0.4, -0.2) is 49.6 Å². The number of carbonyl (C=O) groups excluding carboxylic acids is 1. The van der Waals surface area contributed by atoms with Crippen molar-refractivity contribution in [2.45, 2.75) is 6.92 Å². The number of fused-ring (bicyclic) bond motifs is 2. The summed E-state index contributed by atoms with van der Waals surface area (Å²) >= 11 is 1.52. The van der Waals surface area contributed by atoms with Gasteiger partial charge in [-0.05, 0) is 56.1 Å². The van der Waals surface area contributed by atoms with Gasteiger partial charge in [0.1, 0.15) is 5.75 Å². The van der Waals surface area contributed by atoms with Gasteiger partial charge in [-0.25, -0.2) is 4.98 Å². The summed E-state index contributed by atoms with van der Waals surface area (Å²) in [4.78, 5) is 22.3. The molecule has 162 valence electrons. The van der Waals surface area contributed by atoms with Gasteiger partial charge in [0.15, 0.2) is 5.13 Å². The first-order chi connectivity index (χ1) is 14.6. The molecule has 31 heavy (non-hydrogen) atoms. The van der Waals surface area contributed by atoms with Crippen LogP contribution in [0.1, 0.15) is 17.3 Å². The van der Waals surface area contributed by atoms with Gasteiger partial charge in [-0.1, -0.05) is 47.7 Å². The van der Waals surface area contributed by atoms with Crippen LogP contribution in [0.25, 0.3) is 21.0 Å². The zero-order chi connectivity index (χ0) is 21.1. The highest BCUT2D eigenvalue weighted by Gasteiger charge is 2.23. The van der Waals surface area contributed by atoms with E-state index in [-0.39, 0.29) is 18.3 Å². The standard InChI is InChI=1S/C24H25N3O2S.ClH/c1-4-29-18-12-13-21-22(16-18)30-24(25-21)27(15-14-26(2)3)23(28)20-11-7-9-17-8-5-6-10-19(17)20;/h5-13,16H,4,14-15H2,1-3H3;1H. The van der Waals surface area contributed by atoms with Gasteiger partial charge in [0.2, 0.25) is 0 Å². The number of benzene rings is 3. The van der Waals surface area contributed by atoms with Gasteiger partial charge in [0.05, 0.1) is 16.8 Å². The van der Waals surface area contributed by atoms with Gasteiger partial charge in [-0.3, -0.25) is 9.69 Å². The first kappa shape index (κ1) is 23.0. The molecule has 5 nitrogen and oxygen atoms in total. The maximum atomic E-state index is 13.7. The Hall–Kier alpha value is -2.67. The molecule has 0 bridgehead atoms. The number of thiazole rings is 1. The second-order valence-electron chi connectivity index (χ2n) is 7.35. The van der Waals surface area contributed by atoms with E-state index in [2.05, 4.69) is 4.90 Å². The van der Waals surface area contributed by atoms with Crippen molar-refractivity contribution >= 4 is 55.8 Å². The number of anilines is 1. The van der Waals surface area contributed by atoms with Gasteiger partial charge >= 0.3 is 0 Å². The molecule has 0 N–H and O–H groups in total. The fourth-order valence-electron chi connectivity index (χ4n) is 3.41. The van der Waals surface area contributed by atoms with E-state index < -0.39 is 0 Å². The SMILES string of the molecule is CCOc1ccc2nc(N(CCN(C)C)C(=O)c3cccc4ccccc34)sc2c1.Cl. The highest BCUT2D eigenvalue weighted by molar-refractivity contribution is 7.22. The van der Waals surface area contributed by atoms with Crippen LogP contribution >= 0.6 is 23.7 Å². The maximum absolute atomic E-state index is 13.7. The highest BCUT2D eigenvalue weighted by atomic mass is 35.5. The van der Waals surface area contributed by atoms with E-state index in [1.165, 1.54) is 11.3 Å². The molecule has 0 aliphatic rings. The Balaban J connectivity index is 0.00000272. The zero-order valence-corrected chi connectivity index (χ0v) is 19.5. The van der Waals surface area contributed by atoms with E-state index in [4.69, 9.17) is 9.72 Å². The normalized spacial score (nSPS) is 11.0. The van der Waals surface area contributed by atoms with Crippen molar-refractivity contribution in [3.63, 3.8) is 0 Å². The molecule has 0 aliphatic heterocycles. The quantitative estimate of drug-likeness (QED) is 0.370. The predicted molar refractivity (Wildman–Crippen MR) is 132 cm³/mol. The van der Waals surface area contributed by atoms with Gasteiger partial charge in [0.25, 0.3) is 5.91 Å². The van der Waals surface area contributed by atoms with E-state index in [1.54, 1.807) is 4.90 Å². The van der Waals surface area contributed by atoms with Gasteiger partial charge in [-0.2, -0.15) is 0 Å². The van der Waals surface area contributed by atoms with Crippen LogP contribution in [0.2, 0.25) is 0 Å². The van der Waals surface area contributed by atoms with Gasteiger partial charge < -0.3 is 9.64 Å². The van der Waals surface area contributed by atoms with Crippen LogP contribution in [-0.2, 0) is 0 Å². The summed E-state index contributed by atoms with van der Waals surface area (Å²) in [6.45, 7) is 3.89. The van der Waals surface area contributed by atoms with Crippen molar-refractivity contribution < 1.29 is 9.53 Å². The molecule has 0 unspecified atom stereocenters. The molecule has 4 rings (SSSR count). The molecule has 0 radical (unpaired) electrons. The molecule has 1 aromatic heterocycles. The van der Waals surface area contributed by atoms with Crippen LogP contribution < -0.4 is 9.64 Å². The summed E-state index contributed by atoms with van der Waals surface area (Å²) < 4.78 is 6.63. The number of hydrogen-bond donors (Lipinski definition) is 0. The molecule has 0 saturated heterocycles. The summed E-state index contributed by atoms with van der Waals surface area (Å²) in [6, 6.07) is 19.7. The van der Waals surface area contributed by atoms with E-state index in [1.807, 2.05) is 81.7 Å². The average Bonchev–Trinajstić information content (AvgIpc) is 3.16. The minimum absolute atomic E-state index is 0. The van der Waals surface area contributed by atoms with Gasteiger partial charge in [0, 0.05) is 18.7 Å². The Labute approximate surface area is 192 Å². The number of likely N-dealkylation sites (N-methyl/N-ethyl adjacent to an activating group) is 1. The third kappa shape index (κ3) is 4.98. The molecular formula is C24H26ClN3O2S. The van der Waals surface area contributed by atoms with Crippen molar-refractivity contribution in [1.29, 1.82) is 0 Å². The van der Waals surface area contributed by atoms with Crippen LogP contribution in [0.15, 0.2) is 60.7 Å². The third-order valence-electron chi connectivity index (χ3n) is 4.93. The summed E-state index contributed by atoms with van der Waals surface area (Å²) in [5.41, 5.74) is 1.57. The first-order valence-corrected chi connectivity index (χ1v) is 10.9. The molecule has 3 aromatic carbocycles. The van der Waals surface area contributed by atoms with E-state index in [9.17, 15) is 4.79 Å². The molecule has 0 aliphatic carbocycles. The van der Waals surface area contributed by atoms with Crippen LogP contribution in [0, 0.1) is 0 Å². The molecule has 7 heteroatoms. The molecule has 1 amide bonds. The number of nitrogens with zero attached hydrogens (tertiary/aromatic N) is 3. The van der Waals surface area contributed by atoms with Crippen molar-refractivity contribution in [2.24, 2.45) is 0 Å². The van der Waals surface area contributed by atoms with Crippen molar-refractivity contribution in [3.05, 3.63) is 66.2 Å². The Morgan fingerprint density at radius 2 is 1.81 bits per heavy atom. The number of amides is 1. The average molecular weight is 456 g/mol. The number of halogens is 1. The fourth-order valence-corrected chi connectivity index (χ4v) is 4.42. The minimum atomic E-state index is -0.0299. The number of aromatic nitrogens is 1. The second kappa shape index (κ2) is 10.1. The molecule has 0 fully saturated rings. The molecule has 0 spiro atoms. The smallest absolute Gasteiger partial charge is 0.260 e. The predicted octanol–water partition coefficient (Wildman–Crippen LogP) is 5.48. The van der Waals surface area contributed by atoms with Crippen LogP contribution in [0.3, 0.4) is 0 Å². The molecule has 1 heterocycles. The Morgan fingerprint density at radius 3 is 2.58 bits per heavy atom. The Kier molecular flexibility index (Phi) is 7.49. The van der Waals surface area contributed by atoms with Crippen molar-refractivity contribution in [3.8, 4) is 5.75 Å². The Bertz CT molecular complexity index is 1190. The summed E-state index contributed by atoms with van der Waals surface area (Å²) in [6.07, 6.45) is 0. The van der Waals surface area contributed by atoms with E-state index >= 15 is 0 Å². The topological polar surface area (TPSA) is 45.7 Å².